The first-order valence-corrected chi connectivity index (χ1v) is 4.95. The van der Waals surface area contributed by atoms with Gasteiger partial charge in [0.1, 0.15) is 0 Å². The maximum absolute atomic E-state index is 5.10. The van der Waals surface area contributed by atoms with Gasteiger partial charge in [-0.05, 0) is 17.6 Å². The zero-order valence-corrected chi connectivity index (χ0v) is 8.79. The molecule has 1 nitrogen and oxygen atoms in total. The van der Waals surface area contributed by atoms with E-state index in [1.165, 1.54) is 5.57 Å². The van der Waals surface area contributed by atoms with Crippen LogP contribution >= 0.6 is 12.2 Å². The molecule has 0 aliphatic carbocycles. The fraction of sp³-hybridized carbons (Fsp3) is 0.364. The van der Waals surface area contributed by atoms with E-state index in [1.54, 1.807) is 0 Å². The normalized spacial score (nSPS) is 21.2. The molecule has 1 fully saturated rings. The molecule has 0 amide bonds. The molecule has 70 valence electrons. The van der Waals surface area contributed by atoms with Gasteiger partial charge in [0, 0.05) is 13.0 Å². The predicted molar refractivity (Wildman–Crippen MR) is 61.9 cm³/mol. The first-order chi connectivity index (χ1) is 6.24. The number of piperidine rings is 1. The summed E-state index contributed by atoms with van der Waals surface area (Å²) in [4.78, 5) is 0.920. The molecule has 1 N–H and O–H groups in total. The second-order valence-corrected chi connectivity index (χ2v) is 3.58. The Morgan fingerprint density at radius 2 is 2.38 bits per heavy atom. The first-order valence-electron chi connectivity index (χ1n) is 4.54. The smallest absolute Gasteiger partial charge is 0.0800 e. The summed E-state index contributed by atoms with van der Waals surface area (Å²) < 4.78 is 0. The van der Waals surface area contributed by atoms with Crippen LogP contribution in [0.25, 0.3) is 0 Å². The molecule has 0 spiro atoms. The van der Waals surface area contributed by atoms with Crippen molar-refractivity contribution in [3.8, 4) is 0 Å². The van der Waals surface area contributed by atoms with Gasteiger partial charge in [-0.1, -0.05) is 43.9 Å². The van der Waals surface area contributed by atoms with E-state index >= 15 is 0 Å². The molecule has 0 atom stereocenters. The summed E-state index contributed by atoms with van der Waals surface area (Å²) in [6.07, 6.45) is 8.22. The monoisotopic (exact) mass is 193 g/mol. The highest BCUT2D eigenvalue weighted by Gasteiger charge is 2.11. The molecule has 1 aliphatic heterocycles. The van der Waals surface area contributed by atoms with Crippen LogP contribution in [0, 0.1) is 0 Å². The fourth-order valence-electron chi connectivity index (χ4n) is 1.18. The van der Waals surface area contributed by atoms with Crippen LogP contribution in [0.2, 0.25) is 0 Å². The molecule has 1 rings (SSSR count). The Morgan fingerprint density at radius 3 is 3.08 bits per heavy atom. The van der Waals surface area contributed by atoms with Crippen LogP contribution in [0.3, 0.4) is 0 Å². The van der Waals surface area contributed by atoms with Crippen LogP contribution in [0.5, 0.6) is 0 Å². The Bertz CT molecular complexity index is 274. The molecule has 0 unspecified atom stereocenters. The summed E-state index contributed by atoms with van der Waals surface area (Å²) in [7, 11) is 0. The minimum absolute atomic E-state index is 0.796. The van der Waals surface area contributed by atoms with Crippen LogP contribution in [0.15, 0.2) is 36.0 Å². The maximum atomic E-state index is 5.10. The summed E-state index contributed by atoms with van der Waals surface area (Å²) in [5, 5.41) is 3.12. The van der Waals surface area contributed by atoms with Gasteiger partial charge in [0.05, 0.1) is 4.99 Å². The summed E-state index contributed by atoms with van der Waals surface area (Å²) in [6.45, 7) is 6.90. The lowest BCUT2D eigenvalue weighted by Crippen LogP contribution is -2.29. The molecule has 0 bridgehead atoms. The quantitative estimate of drug-likeness (QED) is 0.677. The highest BCUT2D eigenvalue weighted by molar-refractivity contribution is 7.80. The first kappa shape index (κ1) is 10.2. The maximum Gasteiger partial charge on any atom is 0.0800 e. The largest absolute Gasteiger partial charge is 0.375 e. The second-order valence-electron chi connectivity index (χ2n) is 3.09. The van der Waals surface area contributed by atoms with Crippen molar-refractivity contribution in [1.29, 1.82) is 0 Å². The average Bonchev–Trinajstić information content (AvgIpc) is 2.11. The van der Waals surface area contributed by atoms with E-state index in [2.05, 4.69) is 37.0 Å². The summed E-state index contributed by atoms with van der Waals surface area (Å²) >= 11 is 5.10. The van der Waals surface area contributed by atoms with Crippen molar-refractivity contribution in [1.82, 2.24) is 5.32 Å². The highest BCUT2D eigenvalue weighted by Crippen LogP contribution is 2.16. The lowest BCUT2D eigenvalue weighted by Gasteiger charge is -2.19. The van der Waals surface area contributed by atoms with Crippen molar-refractivity contribution in [2.45, 2.75) is 19.8 Å². The SMILES string of the molecule is C=C1CNC(=S)C/C1=C/C=C\CC. The Hall–Kier alpha value is -0.890. The number of nitrogens with one attached hydrogen (secondary N) is 1. The third-order valence-electron chi connectivity index (χ3n) is 1.97. The summed E-state index contributed by atoms with van der Waals surface area (Å²) in [5.41, 5.74) is 2.41. The van der Waals surface area contributed by atoms with Crippen LogP contribution in [0.1, 0.15) is 19.8 Å². The van der Waals surface area contributed by atoms with E-state index < -0.39 is 0 Å². The van der Waals surface area contributed by atoms with Crippen LogP contribution in [0.4, 0.5) is 0 Å². The fourth-order valence-corrected chi connectivity index (χ4v) is 1.40. The molecule has 0 aromatic heterocycles. The lowest BCUT2D eigenvalue weighted by molar-refractivity contribution is 0.934. The minimum atomic E-state index is 0.796. The van der Waals surface area contributed by atoms with E-state index in [9.17, 15) is 0 Å². The topological polar surface area (TPSA) is 12.0 Å². The number of hydrogen-bond acceptors (Lipinski definition) is 1. The molecule has 1 aliphatic rings. The number of allylic oxidation sites excluding steroid dienone is 3. The van der Waals surface area contributed by atoms with E-state index in [1.807, 2.05) is 0 Å². The van der Waals surface area contributed by atoms with Crippen molar-refractivity contribution in [2.75, 3.05) is 6.54 Å². The molecule has 0 radical (unpaired) electrons. The molecule has 0 aromatic rings. The van der Waals surface area contributed by atoms with Gasteiger partial charge in [-0.2, -0.15) is 0 Å². The number of hydrogen-bond donors (Lipinski definition) is 1. The van der Waals surface area contributed by atoms with Gasteiger partial charge in [-0.15, -0.1) is 0 Å². The van der Waals surface area contributed by atoms with Gasteiger partial charge in [0.25, 0.3) is 0 Å². The minimum Gasteiger partial charge on any atom is -0.375 e. The Kier molecular flexibility index (Phi) is 3.90. The van der Waals surface area contributed by atoms with Crippen LogP contribution < -0.4 is 5.32 Å². The van der Waals surface area contributed by atoms with Crippen LogP contribution in [-0.2, 0) is 0 Å². The molecule has 1 heterocycles. The molecule has 13 heavy (non-hydrogen) atoms. The van der Waals surface area contributed by atoms with Crippen molar-refractivity contribution in [3.05, 3.63) is 36.0 Å². The summed E-state index contributed by atoms with van der Waals surface area (Å²) in [6, 6.07) is 0. The van der Waals surface area contributed by atoms with Crippen molar-refractivity contribution >= 4 is 17.2 Å². The number of thiocarbonyl (C=S) groups is 1. The van der Waals surface area contributed by atoms with E-state index in [0.29, 0.717) is 0 Å². The standard InChI is InChI=1S/C11H15NS/c1-3-4-5-6-10-7-11(13)12-8-9(10)2/h4-6H,2-3,7-8H2,1H3,(H,12,13)/b5-4-,10-6-. The van der Waals surface area contributed by atoms with Gasteiger partial charge in [0.15, 0.2) is 0 Å². The molecule has 0 saturated carbocycles. The highest BCUT2D eigenvalue weighted by atomic mass is 32.1. The van der Waals surface area contributed by atoms with Crippen LogP contribution in [-0.4, -0.2) is 11.5 Å². The number of rotatable bonds is 2. The zero-order chi connectivity index (χ0) is 9.68. The van der Waals surface area contributed by atoms with Crippen molar-refractivity contribution < 1.29 is 0 Å². The van der Waals surface area contributed by atoms with Crippen molar-refractivity contribution in [2.24, 2.45) is 0 Å². The zero-order valence-electron chi connectivity index (χ0n) is 7.97. The van der Waals surface area contributed by atoms with Gasteiger partial charge in [-0.25, -0.2) is 0 Å². The molecular weight excluding hydrogens is 178 g/mol. The predicted octanol–water partition coefficient (Wildman–Crippen LogP) is 2.76. The van der Waals surface area contributed by atoms with Gasteiger partial charge in [-0.3, -0.25) is 0 Å². The lowest BCUT2D eigenvalue weighted by atomic mass is 10.0. The van der Waals surface area contributed by atoms with Gasteiger partial charge in [0.2, 0.25) is 0 Å². The second kappa shape index (κ2) is 4.97. The van der Waals surface area contributed by atoms with E-state index in [4.69, 9.17) is 12.2 Å². The van der Waals surface area contributed by atoms with E-state index in [0.717, 1.165) is 29.9 Å². The summed E-state index contributed by atoms with van der Waals surface area (Å²) in [5.74, 6) is 0. The third-order valence-corrected chi connectivity index (χ3v) is 2.26. The van der Waals surface area contributed by atoms with E-state index in [-0.39, 0.29) is 0 Å². The van der Waals surface area contributed by atoms with Gasteiger partial charge >= 0.3 is 0 Å². The average molecular weight is 193 g/mol. The molecule has 2 heteroatoms. The Labute approximate surface area is 85.2 Å². The van der Waals surface area contributed by atoms with Crippen molar-refractivity contribution in [3.63, 3.8) is 0 Å². The van der Waals surface area contributed by atoms with Gasteiger partial charge < -0.3 is 5.32 Å². The molecule has 1 saturated heterocycles. The molecule has 0 aromatic carbocycles. The molecular formula is C11H15NS. The Balaban J connectivity index is 2.65. The third kappa shape index (κ3) is 3.15. The Morgan fingerprint density at radius 1 is 1.62 bits per heavy atom.